The van der Waals surface area contributed by atoms with E-state index in [1.165, 1.54) is 12.1 Å². The van der Waals surface area contributed by atoms with Crippen molar-refractivity contribution in [1.29, 1.82) is 0 Å². The summed E-state index contributed by atoms with van der Waals surface area (Å²) in [6, 6.07) is 4.48. The van der Waals surface area contributed by atoms with Gasteiger partial charge in [-0.05, 0) is 18.2 Å². The number of anilines is 1. The number of halogens is 2. The van der Waals surface area contributed by atoms with Gasteiger partial charge in [0.1, 0.15) is 5.82 Å². The molecule has 0 unspecified atom stereocenters. The van der Waals surface area contributed by atoms with E-state index in [1.54, 1.807) is 17.4 Å². The first-order chi connectivity index (χ1) is 8.86. The summed E-state index contributed by atoms with van der Waals surface area (Å²) in [4.78, 5) is 5.47. The molecular weight excluding hydrogens is 283 g/mol. The highest BCUT2D eigenvalue weighted by Crippen LogP contribution is 2.27. The Hall–Kier alpha value is -1.13. The van der Waals surface area contributed by atoms with Crippen LogP contribution < -0.4 is 5.32 Å². The number of nitrogens with zero attached hydrogens (tertiary/aromatic N) is 1. The number of benzene rings is 1. The van der Waals surface area contributed by atoms with E-state index < -0.39 is 0 Å². The van der Waals surface area contributed by atoms with Gasteiger partial charge < -0.3 is 5.32 Å². The van der Waals surface area contributed by atoms with Crippen LogP contribution in [0.25, 0.3) is 0 Å². The minimum Gasteiger partial charge on any atom is -0.378 e. The van der Waals surface area contributed by atoms with E-state index in [2.05, 4.69) is 31.1 Å². The first-order valence-corrected chi connectivity index (χ1v) is 7.20. The predicted octanol–water partition coefficient (Wildman–Crippen LogP) is 4.85. The molecule has 19 heavy (non-hydrogen) atoms. The van der Waals surface area contributed by atoms with Gasteiger partial charge >= 0.3 is 0 Å². The minimum atomic E-state index is -0.301. The van der Waals surface area contributed by atoms with Crippen molar-refractivity contribution in [3.8, 4) is 0 Å². The Kier molecular flexibility index (Phi) is 4.11. The van der Waals surface area contributed by atoms with Crippen LogP contribution in [0.1, 0.15) is 30.7 Å². The minimum absolute atomic E-state index is 0.0459. The lowest BCUT2D eigenvalue weighted by Gasteiger charge is -2.13. The molecule has 2 aromatic rings. The Morgan fingerprint density at radius 1 is 1.37 bits per heavy atom. The second kappa shape index (κ2) is 5.47. The summed E-state index contributed by atoms with van der Waals surface area (Å²) in [5.74, 6) is -0.301. The summed E-state index contributed by atoms with van der Waals surface area (Å²) < 4.78 is 13.5. The van der Waals surface area contributed by atoms with Crippen LogP contribution in [0.5, 0.6) is 0 Å². The molecule has 0 saturated carbocycles. The maximum Gasteiger partial charge on any atom is 0.146 e. The topological polar surface area (TPSA) is 24.9 Å². The predicted molar refractivity (Wildman–Crippen MR) is 79.6 cm³/mol. The molecule has 0 aliphatic rings. The van der Waals surface area contributed by atoms with Gasteiger partial charge in [0.15, 0.2) is 0 Å². The molecule has 0 bridgehead atoms. The number of thiazole rings is 1. The Balaban J connectivity index is 2.06. The molecule has 0 spiro atoms. The van der Waals surface area contributed by atoms with Gasteiger partial charge in [0, 0.05) is 21.5 Å². The molecule has 0 aliphatic heterocycles. The molecule has 0 radical (unpaired) electrons. The van der Waals surface area contributed by atoms with Crippen LogP contribution in [0.15, 0.2) is 24.4 Å². The molecule has 0 saturated heterocycles. The zero-order valence-electron chi connectivity index (χ0n) is 11.1. The van der Waals surface area contributed by atoms with Gasteiger partial charge in [0.2, 0.25) is 0 Å². The van der Waals surface area contributed by atoms with E-state index in [0.29, 0.717) is 17.3 Å². The Bertz CT molecular complexity index is 575. The lowest BCUT2D eigenvalue weighted by atomic mass is 9.98. The Morgan fingerprint density at radius 3 is 2.74 bits per heavy atom. The van der Waals surface area contributed by atoms with Gasteiger partial charge in [-0.3, -0.25) is 0 Å². The van der Waals surface area contributed by atoms with E-state index in [4.69, 9.17) is 11.6 Å². The van der Waals surface area contributed by atoms with E-state index >= 15 is 0 Å². The third-order valence-electron chi connectivity index (χ3n) is 2.58. The summed E-state index contributed by atoms with van der Waals surface area (Å²) in [5, 5.41) is 4.64. The summed E-state index contributed by atoms with van der Waals surface area (Å²) in [7, 11) is 0. The molecular formula is C14H16ClFN2S. The standard InChI is InChI=1S/C14H16ClFN2S/c1-14(2,3)13-18-8-10(19-13)7-17-12-6-9(15)4-5-11(12)16/h4-6,8,17H,7H2,1-3H3. The SMILES string of the molecule is CC(C)(C)c1ncc(CNc2cc(Cl)ccc2F)s1. The van der Waals surface area contributed by atoms with Crippen molar-refractivity contribution >= 4 is 28.6 Å². The van der Waals surface area contributed by atoms with Gasteiger partial charge in [-0.15, -0.1) is 11.3 Å². The second-order valence-electron chi connectivity index (χ2n) is 5.36. The van der Waals surface area contributed by atoms with Gasteiger partial charge in [0.25, 0.3) is 0 Å². The lowest BCUT2D eigenvalue weighted by molar-refractivity contribution is 0.585. The molecule has 1 heterocycles. The molecule has 5 heteroatoms. The van der Waals surface area contributed by atoms with Crippen LogP contribution in [0.3, 0.4) is 0 Å². The van der Waals surface area contributed by atoms with E-state index in [-0.39, 0.29) is 11.2 Å². The molecule has 0 atom stereocenters. The van der Waals surface area contributed by atoms with Gasteiger partial charge in [-0.1, -0.05) is 32.4 Å². The third-order valence-corrected chi connectivity index (χ3v) is 4.23. The van der Waals surface area contributed by atoms with Crippen LogP contribution >= 0.6 is 22.9 Å². The molecule has 1 N–H and O–H groups in total. The molecule has 1 aromatic heterocycles. The molecule has 102 valence electrons. The number of hydrogen-bond donors (Lipinski definition) is 1. The zero-order chi connectivity index (χ0) is 14.0. The molecule has 2 rings (SSSR count). The summed E-state index contributed by atoms with van der Waals surface area (Å²) in [6.07, 6.45) is 1.83. The molecule has 2 nitrogen and oxygen atoms in total. The number of aromatic nitrogens is 1. The van der Waals surface area contributed by atoms with E-state index in [1.807, 2.05) is 6.20 Å². The zero-order valence-corrected chi connectivity index (χ0v) is 12.7. The maximum absolute atomic E-state index is 13.5. The van der Waals surface area contributed by atoms with Crippen molar-refractivity contribution in [1.82, 2.24) is 4.98 Å². The highest BCUT2D eigenvalue weighted by atomic mass is 35.5. The number of rotatable bonds is 3. The normalized spacial score (nSPS) is 11.6. The molecule has 1 aromatic carbocycles. The average molecular weight is 299 g/mol. The smallest absolute Gasteiger partial charge is 0.146 e. The fourth-order valence-corrected chi connectivity index (χ4v) is 2.63. The number of nitrogens with one attached hydrogen (secondary N) is 1. The summed E-state index contributed by atoms with van der Waals surface area (Å²) in [5.41, 5.74) is 0.461. The monoisotopic (exact) mass is 298 g/mol. The lowest BCUT2D eigenvalue weighted by Crippen LogP contribution is -2.09. The quantitative estimate of drug-likeness (QED) is 0.876. The number of hydrogen-bond acceptors (Lipinski definition) is 3. The van der Waals surface area contributed by atoms with Crippen molar-refractivity contribution in [3.63, 3.8) is 0 Å². The highest BCUT2D eigenvalue weighted by molar-refractivity contribution is 7.11. The second-order valence-corrected chi connectivity index (χ2v) is 6.91. The third kappa shape index (κ3) is 3.67. The fourth-order valence-electron chi connectivity index (χ4n) is 1.55. The summed E-state index contributed by atoms with van der Waals surface area (Å²) >= 11 is 7.49. The van der Waals surface area contributed by atoms with Gasteiger partial charge in [0.05, 0.1) is 17.2 Å². The summed E-state index contributed by atoms with van der Waals surface area (Å²) in [6.45, 7) is 6.92. The maximum atomic E-state index is 13.5. The average Bonchev–Trinajstić information content (AvgIpc) is 2.79. The molecule has 0 aliphatic carbocycles. The van der Waals surface area contributed by atoms with Crippen molar-refractivity contribution < 1.29 is 4.39 Å². The van der Waals surface area contributed by atoms with Crippen LogP contribution in [-0.4, -0.2) is 4.98 Å². The van der Waals surface area contributed by atoms with Crippen LogP contribution in [0, 0.1) is 5.82 Å². The van der Waals surface area contributed by atoms with Crippen LogP contribution in [0.4, 0.5) is 10.1 Å². The van der Waals surface area contributed by atoms with Crippen molar-refractivity contribution in [2.24, 2.45) is 0 Å². The van der Waals surface area contributed by atoms with Crippen molar-refractivity contribution in [3.05, 3.63) is 45.1 Å². The largest absolute Gasteiger partial charge is 0.378 e. The van der Waals surface area contributed by atoms with Gasteiger partial charge in [-0.25, -0.2) is 9.37 Å². The van der Waals surface area contributed by atoms with Crippen molar-refractivity contribution in [2.45, 2.75) is 32.7 Å². The Labute approximate surface area is 121 Å². The molecule has 0 fully saturated rings. The van der Waals surface area contributed by atoms with Crippen molar-refractivity contribution in [2.75, 3.05) is 5.32 Å². The first kappa shape index (κ1) is 14.3. The Morgan fingerprint density at radius 2 is 2.11 bits per heavy atom. The fraction of sp³-hybridized carbons (Fsp3) is 0.357. The van der Waals surface area contributed by atoms with Crippen LogP contribution in [-0.2, 0) is 12.0 Å². The van der Waals surface area contributed by atoms with Gasteiger partial charge in [-0.2, -0.15) is 0 Å². The van der Waals surface area contributed by atoms with E-state index in [0.717, 1.165) is 9.88 Å². The highest BCUT2D eigenvalue weighted by Gasteiger charge is 2.17. The van der Waals surface area contributed by atoms with Crippen LogP contribution in [0.2, 0.25) is 5.02 Å². The first-order valence-electron chi connectivity index (χ1n) is 6.00. The molecule has 0 amide bonds. The van der Waals surface area contributed by atoms with E-state index in [9.17, 15) is 4.39 Å².